The van der Waals surface area contributed by atoms with Crippen LogP contribution in [0.2, 0.25) is 10.0 Å². The number of carbonyl (C=O) groups is 1. The van der Waals surface area contributed by atoms with Crippen molar-refractivity contribution < 1.29 is 9.72 Å². The molecule has 0 saturated carbocycles. The topological polar surface area (TPSA) is 85.1 Å². The van der Waals surface area contributed by atoms with Gasteiger partial charge in [0.2, 0.25) is 0 Å². The van der Waals surface area contributed by atoms with Gasteiger partial charge in [0.25, 0.3) is 11.6 Å². The Balaban J connectivity index is 2.25. The molecule has 0 aliphatic rings. The Morgan fingerprint density at radius 3 is 2.60 bits per heavy atom. The zero-order chi connectivity index (χ0) is 14.7. The van der Waals surface area contributed by atoms with Gasteiger partial charge >= 0.3 is 0 Å². The maximum Gasteiger partial charge on any atom is 0.271 e. The van der Waals surface area contributed by atoms with Crippen LogP contribution in [-0.4, -0.2) is 15.8 Å². The van der Waals surface area contributed by atoms with Crippen LogP contribution in [0.3, 0.4) is 0 Å². The highest BCUT2D eigenvalue weighted by molar-refractivity contribution is 6.36. The second-order valence-corrected chi connectivity index (χ2v) is 4.55. The van der Waals surface area contributed by atoms with E-state index in [2.05, 4.69) is 10.3 Å². The molecule has 1 N–H and O–H groups in total. The average Bonchev–Trinajstić information content (AvgIpc) is 2.41. The Morgan fingerprint density at radius 1 is 1.25 bits per heavy atom. The molecule has 1 heterocycles. The molecule has 0 atom stereocenters. The lowest BCUT2D eigenvalue weighted by molar-refractivity contribution is -0.384. The van der Waals surface area contributed by atoms with Gasteiger partial charge in [0.15, 0.2) is 0 Å². The van der Waals surface area contributed by atoms with E-state index >= 15 is 0 Å². The number of nitrogens with one attached hydrogen (secondary N) is 1. The molecule has 20 heavy (non-hydrogen) atoms. The zero-order valence-corrected chi connectivity index (χ0v) is 11.4. The molecule has 1 aromatic heterocycles. The van der Waals surface area contributed by atoms with E-state index in [1.807, 2.05) is 0 Å². The Hall–Kier alpha value is -2.18. The van der Waals surface area contributed by atoms with E-state index in [0.717, 1.165) is 6.07 Å². The number of pyridine rings is 1. The van der Waals surface area contributed by atoms with E-state index in [1.165, 1.54) is 30.6 Å². The number of nitrogens with zero attached hydrogens (tertiary/aromatic N) is 2. The van der Waals surface area contributed by atoms with E-state index in [9.17, 15) is 14.9 Å². The normalized spacial score (nSPS) is 10.1. The van der Waals surface area contributed by atoms with Crippen molar-refractivity contribution in [2.75, 3.05) is 5.32 Å². The van der Waals surface area contributed by atoms with Crippen LogP contribution in [0.1, 0.15) is 10.4 Å². The van der Waals surface area contributed by atoms with E-state index in [1.54, 1.807) is 0 Å². The molecule has 8 heteroatoms. The molecule has 2 rings (SSSR count). The van der Waals surface area contributed by atoms with Gasteiger partial charge in [0, 0.05) is 24.5 Å². The minimum absolute atomic E-state index is 0.0626. The van der Waals surface area contributed by atoms with Crippen LogP contribution in [0.15, 0.2) is 36.7 Å². The number of non-ortho nitro benzene ring substituents is 1. The number of hydrogen-bond acceptors (Lipinski definition) is 4. The van der Waals surface area contributed by atoms with E-state index in [0.29, 0.717) is 0 Å². The van der Waals surface area contributed by atoms with Crippen molar-refractivity contribution in [3.63, 3.8) is 0 Å². The minimum atomic E-state index is -0.574. The predicted octanol–water partition coefficient (Wildman–Crippen LogP) is 3.55. The zero-order valence-electron chi connectivity index (χ0n) is 9.84. The molecule has 0 aliphatic carbocycles. The standard InChI is InChI=1S/C12H7Cl2N3O3/c13-9-3-4-15-6-8(9)12(18)16-11-2-1-7(17(19)20)5-10(11)14/h1-6H,(H,16,18). The summed E-state index contributed by atoms with van der Waals surface area (Å²) < 4.78 is 0. The highest BCUT2D eigenvalue weighted by atomic mass is 35.5. The fraction of sp³-hybridized carbons (Fsp3) is 0. The maximum atomic E-state index is 12.0. The summed E-state index contributed by atoms with van der Waals surface area (Å²) in [6.45, 7) is 0. The van der Waals surface area contributed by atoms with Crippen LogP contribution in [0.25, 0.3) is 0 Å². The maximum absolute atomic E-state index is 12.0. The Morgan fingerprint density at radius 2 is 2.00 bits per heavy atom. The SMILES string of the molecule is O=C(Nc1ccc([N+](=O)[O-])cc1Cl)c1cnccc1Cl. The smallest absolute Gasteiger partial charge is 0.271 e. The number of nitro benzene ring substituents is 1. The first-order valence-electron chi connectivity index (χ1n) is 5.34. The van der Waals surface area contributed by atoms with Crippen LogP contribution in [-0.2, 0) is 0 Å². The number of halogens is 2. The van der Waals surface area contributed by atoms with Gasteiger partial charge in [-0.15, -0.1) is 0 Å². The molecule has 102 valence electrons. The van der Waals surface area contributed by atoms with E-state index in [4.69, 9.17) is 23.2 Å². The average molecular weight is 312 g/mol. The first-order chi connectivity index (χ1) is 9.49. The molecular formula is C12H7Cl2N3O3. The molecule has 0 aliphatic heterocycles. The summed E-state index contributed by atoms with van der Waals surface area (Å²) in [6, 6.07) is 5.23. The molecule has 0 spiro atoms. The Bertz CT molecular complexity index is 691. The highest BCUT2D eigenvalue weighted by Gasteiger charge is 2.14. The second-order valence-electron chi connectivity index (χ2n) is 3.73. The third kappa shape index (κ3) is 3.04. The highest BCUT2D eigenvalue weighted by Crippen LogP contribution is 2.27. The van der Waals surface area contributed by atoms with Crippen LogP contribution in [0.5, 0.6) is 0 Å². The van der Waals surface area contributed by atoms with Gasteiger partial charge in [0.1, 0.15) is 0 Å². The predicted molar refractivity (Wildman–Crippen MR) is 75.3 cm³/mol. The van der Waals surface area contributed by atoms with E-state index in [-0.39, 0.29) is 27.0 Å². The van der Waals surface area contributed by atoms with Gasteiger partial charge < -0.3 is 5.32 Å². The van der Waals surface area contributed by atoms with Crippen molar-refractivity contribution >= 4 is 40.5 Å². The minimum Gasteiger partial charge on any atom is -0.321 e. The lowest BCUT2D eigenvalue weighted by Crippen LogP contribution is -2.13. The van der Waals surface area contributed by atoms with Gasteiger partial charge in [-0.25, -0.2) is 0 Å². The van der Waals surface area contributed by atoms with Gasteiger partial charge in [0.05, 0.1) is 26.2 Å². The van der Waals surface area contributed by atoms with Crippen LogP contribution in [0, 0.1) is 10.1 Å². The van der Waals surface area contributed by atoms with Crippen LogP contribution in [0.4, 0.5) is 11.4 Å². The van der Waals surface area contributed by atoms with E-state index < -0.39 is 10.8 Å². The third-order valence-electron chi connectivity index (χ3n) is 2.42. The van der Waals surface area contributed by atoms with Crippen molar-refractivity contribution in [2.24, 2.45) is 0 Å². The van der Waals surface area contributed by atoms with Gasteiger partial charge in [-0.3, -0.25) is 19.9 Å². The molecule has 0 unspecified atom stereocenters. The molecule has 0 bridgehead atoms. The molecule has 1 aromatic carbocycles. The fourth-order valence-electron chi connectivity index (χ4n) is 1.45. The molecular weight excluding hydrogens is 305 g/mol. The van der Waals surface area contributed by atoms with Crippen LogP contribution >= 0.6 is 23.2 Å². The molecule has 0 radical (unpaired) electrons. The largest absolute Gasteiger partial charge is 0.321 e. The summed E-state index contributed by atoms with van der Waals surface area (Å²) in [6.07, 6.45) is 2.77. The fourth-order valence-corrected chi connectivity index (χ4v) is 1.87. The summed E-state index contributed by atoms with van der Waals surface area (Å²) in [5.41, 5.74) is 0.276. The number of amides is 1. The quantitative estimate of drug-likeness (QED) is 0.693. The number of anilines is 1. The number of carbonyl (C=O) groups excluding carboxylic acids is 1. The molecule has 0 saturated heterocycles. The second kappa shape index (κ2) is 5.85. The molecule has 0 fully saturated rings. The molecule has 2 aromatic rings. The lowest BCUT2D eigenvalue weighted by atomic mass is 10.2. The van der Waals surface area contributed by atoms with Gasteiger partial charge in [-0.1, -0.05) is 23.2 Å². The summed E-state index contributed by atoms with van der Waals surface area (Å²) in [7, 11) is 0. The van der Waals surface area contributed by atoms with Gasteiger partial charge in [-0.2, -0.15) is 0 Å². The third-order valence-corrected chi connectivity index (χ3v) is 3.07. The van der Waals surface area contributed by atoms with Crippen molar-refractivity contribution in [3.8, 4) is 0 Å². The molecule has 1 amide bonds. The number of hydrogen-bond donors (Lipinski definition) is 1. The Kier molecular flexibility index (Phi) is 4.16. The van der Waals surface area contributed by atoms with Crippen molar-refractivity contribution in [2.45, 2.75) is 0 Å². The first kappa shape index (κ1) is 14.2. The summed E-state index contributed by atoms with van der Waals surface area (Å²) in [4.78, 5) is 25.8. The lowest BCUT2D eigenvalue weighted by Gasteiger charge is -2.07. The number of nitro groups is 1. The summed E-state index contributed by atoms with van der Waals surface area (Å²) >= 11 is 11.7. The first-order valence-corrected chi connectivity index (χ1v) is 6.09. The van der Waals surface area contributed by atoms with Crippen molar-refractivity contribution in [1.29, 1.82) is 0 Å². The number of rotatable bonds is 3. The summed E-state index contributed by atoms with van der Waals surface area (Å²) in [5, 5.41) is 13.4. The summed E-state index contributed by atoms with van der Waals surface area (Å²) in [5.74, 6) is -0.501. The number of benzene rings is 1. The number of aromatic nitrogens is 1. The Labute approximate surface area is 123 Å². The van der Waals surface area contributed by atoms with Gasteiger partial charge in [-0.05, 0) is 12.1 Å². The van der Waals surface area contributed by atoms with Crippen molar-refractivity contribution in [3.05, 3.63) is 62.4 Å². The monoisotopic (exact) mass is 311 g/mol. The van der Waals surface area contributed by atoms with Crippen molar-refractivity contribution in [1.82, 2.24) is 4.98 Å². The van der Waals surface area contributed by atoms with Crippen LogP contribution < -0.4 is 5.32 Å². The molecule has 6 nitrogen and oxygen atoms in total.